The van der Waals surface area contributed by atoms with Crippen LogP contribution in [0, 0.1) is 11.8 Å². The number of carboxylic acids is 2. The van der Waals surface area contributed by atoms with Crippen molar-refractivity contribution in [2.24, 2.45) is 11.8 Å². The Labute approximate surface area is 233 Å². The molecule has 0 aromatic carbocycles. The maximum absolute atomic E-state index is 12.4. The second-order valence-electron chi connectivity index (χ2n) is 11.3. The summed E-state index contributed by atoms with van der Waals surface area (Å²) in [5, 5.41) is 19.9. The highest BCUT2D eigenvalue weighted by Crippen LogP contribution is 2.39. The van der Waals surface area contributed by atoms with E-state index in [1.165, 1.54) is 70.6 Å². The Morgan fingerprint density at radius 2 is 1.03 bits per heavy atom. The second kappa shape index (κ2) is 21.6. The smallest absolute Gasteiger partial charge is 0.328 e. The highest BCUT2D eigenvalue weighted by atomic mass is 32.2. The predicted molar refractivity (Wildman–Crippen MR) is 155 cm³/mol. The van der Waals surface area contributed by atoms with Crippen LogP contribution < -0.4 is 0 Å². The van der Waals surface area contributed by atoms with Crippen LogP contribution in [0.4, 0.5) is 0 Å². The molecule has 7 nitrogen and oxygen atoms in total. The third kappa shape index (κ3) is 14.3. The fourth-order valence-corrected chi connectivity index (χ4v) is 6.84. The summed E-state index contributed by atoms with van der Waals surface area (Å²) in [5.74, 6) is -5.21. The summed E-state index contributed by atoms with van der Waals surface area (Å²) in [5.41, 5.74) is 0. The van der Waals surface area contributed by atoms with Crippen LogP contribution in [0.3, 0.4) is 0 Å². The van der Waals surface area contributed by atoms with Gasteiger partial charge in [0.05, 0.1) is 5.92 Å². The van der Waals surface area contributed by atoms with Gasteiger partial charge in [0.2, 0.25) is 4.75 Å². The van der Waals surface area contributed by atoms with Crippen molar-refractivity contribution in [1.29, 1.82) is 0 Å². The molecule has 3 atom stereocenters. The second-order valence-corrected chi connectivity index (χ2v) is 13.0. The summed E-state index contributed by atoms with van der Waals surface area (Å²) in [4.78, 5) is 24.4. The van der Waals surface area contributed by atoms with Gasteiger partial charge in [0.15, 0.2) is 0 Å². The van der Waals surface area contributed by atoms with Crippen LogP contribution in [0.25, 0.3) is 0 Å². The first-order valence-corrected chi connectivity index (χ1v) is 17.0. The van der Waals surface area contributed by atoms with E-state index in [0.717, 1.165) is 38.5 Å². The van der Waals surface area contributed by atoms with Gasteiger partial charge in [-0.2, -0.15) is 8.42 Å². The maximum atomic E-state index is 12.4. The van der Waals surface area contributed by atoms with Crippen molar-refractivity contribution < 1.29 is 32.8 Å². The lowest BCUT2D eigenvalue weighted by atomic mass is 9.78. The van der Waals surface area contributed by atoms with Crippen LogP contribution in [0.5, 0.6) is 0 Å². The van der Waals surface area contributed by atoms with Gasteiger partial charge < -0.3 is 10.2 Å². The van der Waals surface area contributed by atoms with E-state index in [9.17, 15) is 32.8 Å². The Hall–Kier alpha value is -1.15. The number of rotatable bonds is 27. The standard InChI is InChI=1S/C30H58O7S/c1-4-7-9-10-11-12-13-14-15-16-17-18-19-20-21-22-24-27(28(31)32)30(29(33)34,38(35,36)37)25-26(6-3)23-8-5-2/h26-27H,4-25H2,1-3H3,(H,31,32)(H,33,34)(H,35,36,37). The third-order valence-electron chi connectivity index (χ3n) is 8.16. The molecule has 0 saturated carbocycles. The van der Waals surface area contributed by atoms with Gasteiger partial charge in [-0.15, -0.1) is 0 Å². The van der Waals surface area contributed by atoms with Gasteiger partial charge >= 0.3 is 11.9 Å². The molecule has 0 fully saturated rings. The van der Waals surface area contributed by atoms with Gasteiger partial charge in [-0.3, -0.25) is 14.1 Å². The zero-order chi connectivity index (χ0) is 28.9. The number of unbranched alkanes of at least 4 members (excludes halogenated alkanes) is 16. The normalized spacial score (nSPS) is 15.2. The molecular weight excluding hydrogens is 504 g/mol. The Morgan fingerprint density at radius 3 is 1.34 bits per heavy atom. The first-order chi connectivity index (χ1) is 18.1. The van der Waals surface area contributed by atoms with Crippen molar-refractivity contribution in [2.45, 2.75) is 167 Å². The summed E-state index contributed by atoms with van der Waals surface area (Å²) >= 11 is 0. The van der Waals surface area contributed by atoms with E-state index < -0.39 is 32.7 Å². The molecule has 0 aliphatic rings. The maximum Gasteiger partial charge on any atom is 0.328 e. The van der Waals surface area contributed by atoms with Crippen LogP contribution in [-0.4, -0.2) is 39.9 Å². The van der Waals surface area contributed by atoms with Crippen LogP contribution in [-0.2, 0) is 19.7 Å². The lowest BCUT2D eigenvalue weighted by Crippen LogP contribution is -2.56. The van der Waals surface area contributed by atoms with Gasteiger partial charge in [0.1, 0.15) is 0 Å². The number of carbonyl (C=O) groups is 2. The van der Waals surface area contributed by atoms with Crippen LogP contribution in [0.2, 0.25) is 0 Å². The topological polar surface area (TPSA) is 129 Å². The molecule has 38 heavy (non-hydrogen) atoms. The predicted octanol–water partition coefficient (Wildman–Crippen LogP) is 8.66. The van der Waals surface area contributed by atoms with E-state index >= 15 is 0 Å². The summed E-state index contributed by atoms with van der Waals surface area (Å²) < 4.78 is 32.2. The van der Waals surface area contributed by atoms with Crippen molar-refractivity contribution >= 4 is 22.1 Å². The SMILES string of the molecule is CCCCCCCCCCCCCCCCCCC(C(=O)O)C(CC(CC)CCCC)(C(=O)O)S(=O)(=O)O. The zero-order valence-electron chi connectivity index (χ0n) is 24.6. The molecule has 0 aromatic heterocycles. The minimum absolute atomic E-state index is 0.0793. The zero-order valence-corrected chi connectivity index (χ0v) is 25.4. The molecule has 0 aliphatic carbocycles. The molecule has 3 unspecified atom stereocenters. The van der Waals surface area contributed by atoms with Crippen molar-refractivity contribution in [3.05, 3.63) is 0 Å². The minimum Gasteiger partial charge on any atom is -0.481 e. The van der Waals surface area contributed by atoms with Gasteiger partial charge in [-0.1, -0.05) is 149 Å². The third-order valence-corrected chi connectivity index (χ3v) is 9.71. The summed E-state index contributed by atoms with van der Waals surface area (Å²) in [6.45, 7) is 6.06. The Balaban J connectivity index is 4.57. The monoisotopic (exact) mass is 562 g/mol. The molecule has 0 amide bonds. The Bertz CT molecular complexity index is 722. The fraction of sp³-hybridized carbons (Fsp3) is 0.933. The Morgan fingerprint density at radius 1 is 0.632 bits per heavy atom. The largest absolute Gasteiger partial charge is 0.481 e. The van der Waals surface area contributed by atoms with Crippen molar-refractivity contribution in [2.75, 3.05) is 0 Å². The van der Waals surface area contributed by atoms with E-state index in [0.29, 0.717) is 19.3 Å². The highest BCUT2D eigenvalue weighted by molar-refractivity contribution is 7.88. The van der Waals surface area contributed by atoms with Crippen molar-refractivity contribution in [1.82, 2.24) is 0 Å². The van der Waals surface area contributed by atoms with Crippen molar-refractivity contribution in [3.8, 4) is 0 Å². The molecular formula is C30H58O7S. The lowest BCUT2D eigenvalue weighted by molar-refractivity contribution is -0.153. The van der Waals surface area contributed by atoms with Crippen LogP contribution in [0.1, 0.15) is 162 Å². The first kappa shape index (κ1) is 36.8. The molecule has 0 heterocycles. The van der Waals surface area contributed by atoms with E-state index in [1.54, 1.807) is 0 Å². The summed E-state index contributed by atoms with van der Waals surface area (Å²) in [6, 6.07) is 0. The van der Waals surface area contributed by atoms with Gasteiger partial charge in [0, 0.05) is 0 Å². The number of aliphatic carboxylic acids is 2. The average molecular weight is 563 g/mol. The van der Waals surface area contributed by atoms with Gasteiger partial charge in [-0.25, -0.2) is 0 Å². The highest BCUT2D eigenvalue weighted by Gasteiger charge is 2.59. The molecule has 0 rings (SSSR count). The average Bonchev–Trinajstić information content (AvgIpc) is 2.85. The molecule has 3 N–H and O–H groups in total. The van der Waals surface area contributed by atoms with Gasteiger partial charge in [0.25, 0.3) is 10.1 Å². The van der Waals surface area contributed by atoms with Crippen molar-refractivity contribution in [3.63, 3.8) is 0 Å². The summed E-state index contributed by atoms with van der Waals surface area (Å²) in [7, 11) is -5.15. The van der Waals surface area contributed by atoms with E-state index in [1.807, 2.05) is 13.8 Å². The fourth-order valence-electron chi connectivity index (χ4n) is 5.60. The molecule has 0 radical (unpaired) electrons. The number of hydrogen-bond donors (Lipinski definition) is 3. The number of carboxylic acid groups (broad SMARTS) is 2. The number of hydrogen-bond acceptors (Lipinski definition) is 4. The summed E-state index contributed by atoms with van der Waals surface area (Å²) in [6.07, 6.45) is 21.0. The minimum atomic E-state index is -5.15. The molecule has 0 spiro atoms. The van der Waals surface area contributed by atoms with E-state index in [-0.39, 0.29) is 18.8 Å². The molecule has 0 aromatic rings. The molecule has 0 bridgehead atoms. The molecule has 0 saturated heterocycles. The first-order valence-electron chi connectivity index (χ1n) is 15.5. The Kier molecular flexibility index (Phi) is 21.0. The molecule has 8 heteroatoms. The lowest BCUT2D eigenvalue weighted by Gasteiger charge is -2.34. The van der Waals surface area contributed by atoms with Crippen LogP contribution in [0.15, 0.2) is 0 Å². The van der Waals surface area contributed by atoms with Crippen LogP contribution >= 0.6 is 0 Å². The molecule has 226 valence electrons. The van der Waals surface area contributed by atoms with E-state index in [2.05, 4.69) is 6.92 Å². The van der Waals surface area contributed by atoms with Gasteiger partial charge in [-0.05, 0) is 18.8 Å². The quantitative estimate of drug-likeness (QED) is 0.0674. The molecule has 0 aliphatic heterocycles. The van der Waals surface area contributed by atoms with E-state index in [4.69, 9.17) is 0 Å².